The van der Waals surface area contributed by atoms with Crippen LogP contribution in [0.1, 0.15) is 21.5 Å². The Balaban J connectivity index is 1.73. The van der Waals surface area contributed by atoms with E-state index in [1.807, 2.05) is 42.6 Å². The Morgan fingerprint density at radius 2 is 2.04 bits per heavy atom. The summed E-state index contributed by atoms with van der Waals surface area (Å²) in [7, 11) is 1.64. The van der Waals surface area contributed by atoms with Crippen LogP contribution in [-0.2, 0) is 6.54 Å². The molecule has 0 aliphatic rings. The van der Waals surface area contributed by atoms with Crippen molar-refractivity contribution in [3.05, 3.63) is 83.4 Å². The number of rotatable bonds is 4. The van der Waals surface area contributed by atoms with Crippen LogP contribution in [0.25, 0.3) is 5.69 Å². The van der Waals surface area contributed by atoms with Crippen molar-refractivity contribution in [2.75, 3.05) is 7.05 Å². The van der Waals surface area contributed by atoms with Gasteiger partial charge in [-0.1, -0.05) is 12.1 Å². The van der Waals surface area contributed by atoms with E-state index >= 15 is 0 Å². The molecule has 25 heavy (non-hydrogen) atoms. The van der Waals surface area contributed by atoms with E-state index in [2.05, 4.69) is 5.10 Å². The third kappa shape index (κ3) is 3.72. The molecule has 1 amide bonds. The van der Waals surface area contributed by atoms with Gasteiger partial charge in [0, 0.05) is 31.5 Å². The lowest BCUT2D eigenvalue weighted by Gasteiger charge is -2.18. The summed E-state index contributed by atoms with van der Waals surface area (Å²) in [5, 5.41) is 13.1. The van der Waals surface area contributed by atoms with Gasteiger partial charge in [-0.2, -0.15) is 10.4 Å². The number of carbonyl (C=O) groups is 1. The highest BCUT2D eigenvalue weighted by Crippen LogP contribution is 2.14. The van der Waals surface area contributed by atoms with Gasteiger partial charge in [0.25, 0.3) is 5.91 Å². The molecule has 0 spiro atoms. The van der Waals surface area contributed by atoms with Crippen molar-refractivity contribution in [3.63, 3.8) is 0 Å². The van der Waals surface area contributed by atoms with Crippen LogP contribution in [-0.4, -0.2) is 27.6 Å². The van der Waals surface area contributed by atoms with Gasteiger partial charge in [0.15, 0.2) is 0 Å². The molecule has 0 saturated carbocycles. The van der Waals surface area contributed by atoms with Crippen molar-refractivity contribution in [1.82, 2.24) is 14.7 Å². The van der Waals surface area contributed by atoms with Crippen molar-refractivity contribution in [3.8, 4) is 11.8 Å². The standard InChI is InChI=1S/C19H15FN4O/c1-23(19(25)16-9-15(12-21)10-17(20)11-16)13-14-3-5-18(6-4-14)24-8-2-7-22-24/h2-11H,13H2,1H3. The van der Waals surface area contributed by atoms with Crippen LogP contribution < -0.4 is 0 Å². The maximum atomic E-state index is 13.5. The summed E-state index contributed by atoms with van der Waals surface area (Å²) in [5.74, 6) is -0.938. The Kier molecular flexibility index (Phi) is 4.57. The second-order valence-electron chi connectivity index (χ2n) is 5.62. The van der Waals surface area contributed by atoms with Crippen LogP contribution in [0, 0.1) is 17.1 Å². The van der Waals surface area contributed by atoms with Gasteiger partial charge in [0.2, 0.25) is 0 Å². The van der Waals surface area contributed by atoms with Crippen LogP contribution in [0.2, 0.25) is 0 Å². The molecule has 0 radical (unpaired) electrons. The van der Waals surface area contributed by atoms with Crippen LogP contribution >= 0.6 is 0 Å². The minimum atomic E-state index is -0.598. The minimum Gasteiger partial charge on any atom is -0.337 e. The second-order valence-corrected chi connectivity index (χ2v) is 5.62. The molecule has 3 rings (SSSR count). The fourth-order valence-electron chi connectivity index (χ4n) is 2.52. The predicted molar refractivity (Wildman–Crippen MR) is 90.5 cm³/mol. The first-order valence-electron chi connectivity index (χ1n) is 7.62. The Bertz CT molecular complexity index is 927. The Labute approximate surface area is 144 Å². The van der Waals surface area contributed by atoms with Crippen LogP contribution in [0.4, 0.5) is 4.39 Å². The Hall–Kier alpha value is -3.46. The lowest BCUT2D eigenvalue weighted by Crippen LogP contribution is -2.26. The minimum absolute atomic E-state index is 0.125. The van der Waals surface area contributed by atoms with E-state index in [-0.39, 0.29) is 17.0 Å². The van der Waals surface area contributed by atoms with Crippen LogP contribution in [0.3, 0.4) is 0 Å². The molecule has 0 aliphatic carbocycles. The number of nitrogens with zero attached hydrogens (tertiary/aromatic N) is 4. The molecule has 3 aromatic rings. The molecule has 0 atom stereocenters. The van der Waals surface area contributed by atoms with Crippen molar-refractivity contribution >= 4 is 5.91 Å². The molecule has 5 nitrogen and oxygen atoms in total. The van der Waals surface area contributed by atoms with E-state index in [1.165, 1.54) is 11.0 Å². The summed E-state index contributed by atoms with van der Waals surface area (Å²) in [5.41, 5.74) is 2.14. The molecule has 2 aromatic carbocycles. The Morgan fingerprint density at radius 3 is 2.68 bits per heavy atom. The molecule has 0 N–H and O–H groups in total. The molecule has 0 aliphatic heterocycles. The number of carbonyl (C=O) groups excluding carboxylic acids is 1. The van der Waals surface area contributed by atoms with Crippen molar-refractivity contribution in [2.24, 2.45) is 0 Å². The highest BCUT2D eigenvalue weighted by atomic mass is 19.1. The number of amides is 1. The zero-order valence-electron chi connectivity index (χ0n) is 13.6. The molecule has 124 valence electrons. The quantitative estimate of drug-likeness (QED) is 0.736. The van der Waals surface area contributed by atoms with Crippen molar-refractivity contribution in [1.29, 1.82) is 5.26 Å². The maximum absolute atomic E-state index is 13.5. The topological polar surface area (TPSA) is 61.9 Å². The van der Waals surface area contributed by atoms with Gasteiger partial charge in [-0.25, -0.2) is 9.07 Å². The molecule has 1 aromatic heterocycles. The lowest BCUT2D eigenvalue weighted by atomic mass is 10.1. The summed E-state index contributed by atoms with van der Waals surface area (Å²) >= 11 is 0. The number of hydrogen-bond donors (Lipinski definition) is 0. The maximum Gasteiger partial charge on any atom is 0.254 e. The highest BCUT2D eigenvalue weighted by Gasteiger charge is 2.14. The molecule has 6 heteroatoms. The van der Waals surface area contributed by atoms with E-state index < -0.39 is 5.82 Å². The number of halogens is 1. The van der Waals surface area contributed by atoms with Gasteiger partial charge in [-0.3, -0.25) is 4.79 Å². The lowest BCUT2D eigenvalue weighted by molar-refractivity contribution is 0.0784. The number of benzene rings is 2. The van der Waals surface area contributed by atoms with Crippen LogP contribution in [0.5, 0.6) is 0 Å². The number of hydrogen-bond acceptors (Lipinski definition) is 3. The molecule has 0 saturated heterocycles. The molecule has 0 fully saturated rings. The van der Waals surface area contributed by atoms with E-state index in [4.69, 9.17) is 5.26 Å². The average molecular weight is 334 g/mol. The summed E-state index contributed by atoms with van der Waals surface area (Å²) in [6, 6.07) is 15.0. The monoisotopic (exact) mass is 334 g/mol. The van der Waals surface area contributed by atoms with E-state index in [1.54, 1.807) is 17.9 Å². The number of nitriles is 1. The largest absolute Gasteiger partial charge is 0.337 e. The van der Waals surface area contributed by atoms with Gasteiger partial charge < -0.3 is 4.90 Å². The Morgan fingerprint density at radius 1 is 1.28 bits per heavy atom. The normalized spacial score (nSPS) is 10.3. The summed E-state index contributed by atoms with van der Waals surface area (Å²) < 4.78 is 15.3. The van der Waals surface area contributed by atoms with Gasteiger partial charge in [-0.05, 0) is 42.0 Å². The molecular formula is C19H15FN4O. The van der Waals surface area contributed by atoms with Gasteiger partial charge in [-0.15, -0.1) is 0 Å². The first-order chi connectivity index (χ1) is 12.1. The number of aromatic nitrogens is 2. The zero-order chi connectivity index (χ0) is 17.8. The van der Waals surface area contributed by atoms with Crippen LogP contribution in [0.15, 0.2) is 60.9 Å². The molecule has 1 heterocycles. The summed E-state index contributed by atoms with van der Waals surface area (Å²) in [6.45, 7) is 0.372. The van der Waals surface area contributed by atoms with Crippen molar-refractivity contribution < 1.29 is 9.18 Å². The summed E-state index contributed by atoms with van der Waals surface area (Å²) in [6.07, 6.45) is 3.55. The van der Waals surface area contributed by atoms with Gasteiger partial charge >= 0.3 is 0 Å². The van der Waals surface area contributed by atoms with E-state index in [0.29, 0.717) is 6.54 Å². The van der Waals surface area contributed by atoms with E-state index in [9.17, 15) is 9.18 Å². The zero-order valence-corrected chi connectivity index (χ0v) is 13.6. The average Bonchev–Trinajstić information content (AvgIpc) is 3.15. The first-order valence-corrected chi connectivity index (χ1v) is 7.62. The van der Waals surface area contributed by atoms with Crippen molar-refractivity contribution in [2.45, 2.75) is 6.54 Å². The van der Waals surface area contributed by atoms with Gasteiger partial charge in [0.1, 0.15) is 5.82 Å². The second kappa shape index (κ2) is 6.97. The summed E-state index contributed by atoms with van der Waals surface area (Å²) in [4.78, 5) is 13.9. The smallest absolute Gasteiger partial charge is 0.254 e. The van der Waals surface area contributed by atoms with E-state index in [0.717, 1.165) is 23.4 Å². The third-order valence-corrected chi connectivity index (χ3v) is 3.75. The molecule has 0 unspecified atom stereocenters. The molecule has 0 bridgehead atoms. The fraction of sp³-hybridized carbons (Fsp3) is 0.105. The fourth-order valence-corrected chi connectivity index (χ4v) is 2.52. The molecular weight excluding hydrogens is 319 g/mol. The van der Waals surface area contributed by atoms with Gasteiger partial charge in [0.05, 0.1) is 17.3 Å². The SMILES string of the molecule is CN(Cc1ccc(-n2cccn2)cc1)C(=O)c1cc(F)cc(C#N)c1. The highest BCUT2D eigenvalue weighted by molar-refractivity contribution is 5.94. The third-order valence-electron chi connectivity index (χ3n) is 3.75. The predicted octanol–water partition coefficient (Wildman–Crippen LogP) is 3.16. The first kappa shape index (κ1) is 16.4.